The highest BCUT2D eigenvalue weighted by Crippen LogP contribution is 2.15. The number of hydrogen-bond donors (Lipinski definition) is 3. The van der Waals surface area contributed by atoms with Crippen LogP contribution in [0.5, 0.6) is 0 Å². The lowest BCUT2D eigenvalue weighted by Gasteiger charge is -2.36. The molecule has 3 N–H and O–H groups in total. The molecule has 0 saturated carbocycles. The van der Waals surface area contributed by atoms with Gasteiger partial charge in [0.25, 0.3) is 5.91 Å². The number of amides is 4. The summed E-state index contributed by atoms with van der Waals surface area (Å²) in [4.78, 5) is 55.5. The number of aromatic nitrogens is 2. The van der Waals surface area contributed by atoms with Crippen LogP contribution >= 0.6 is 0 Å². The van der Waals surface area contributed by atoms with Crippen LogP contribution in [0.25, 0.3) is 0 Å². The third-order valence-corrected chi connectivity index (χ3v) is 7.68. The van der Waals surface area contributed by atoms with E-state index in [9.17, 15) is 19.2 Å². The molecule has 1 aliphatic rings. The summed E-state index contributed by atoms with van der Waals surface area (Å²) in [6, 6.07) is 17.6. The van der Waals surface area contributed by atoms with Crippen molar-refractivity contribution in [3.05, 3.63) is 83.7 Å². The van der Waals surface area contributed by atoms with Gasteiger partial charge in [-0.25, -0.2) is 0 Å². The van der Waals surface area contributed by atoms with Crippen LogP contribution in [0.15, 0.2) is 66.9 Å². The van der Waals surface area contributed by atoms with E-state index in [1.165, 1.54) is 5.56 Å². The molecule has 2 aromatic carbocycles. The average Bonchev–Trinajstić information content (AvgIpc) is 3.53. The molecule has 44 heavy (non-hydrogen) atoms. The highest BCUT2D eigenvalue weighted by atomic mass is 16.2. The minimum Gasteiger partial charge on any atom is -0.344 e. The van der Waals surface area contributed by atoms with E-state index in [1.807, 2.05) is 49.1 Å². The Morgan fingerprint density at radius 1 is 0.841 bits per heavy atom. The van der Waals surface area contributed by atoms with Crippen LogP contribution in [0.3, 0.4) is 0 Å². The van der Waals surface area contributed by atoms with E-state index >= 15 is 0 Å². The molecule has 0 spiro atoms. The first-order valence-electron chi connectivity index (χ1n) is 15.2. The number of nitrogens with one attached hydrogen (secondary N) is 3. The summed E-state index contributed by atoms with van der Waals surface area (Å²) in [5, 5.41) is 12.6. The lowest BCUT2D eigenvalue weighted by atomic mass is 10.0. The van der Waals surface area contributed by atoms with Crippen molar-refractivity contribution in [3.8, 4) is 0 Å². The maximum Gasteiger partial charge on any atom is 0.270 e. The number of anilines is 1. The van der Waals surface area contributed by atoms with E-state index in [4.69, 9.17) is 0 Å². The molecule has 234 valence electrons. The topological polar surface area (TPSA) is 129 Å². The minimum atomic E-state index is -0.780. The number of carbonyl (C=O) groups is 4. The molecule has 11 nitrogen and oxygen atoms in total. The molecule has 4 rings (SSSR count). The second kappa shape index (κ2) is 15.3. The number of piperazine rings is 1. The van der Waals surface area contributed by atoms with Crippen LogP contribution in [0, 0.1) is 0 Å². The van der Waals surface area contributed by atoms with Crippen LogP contribution in [0.4, 0.5) is 5.69 Å². The predicted octanol–water partition coefficient (Wildman–Crippen LogP) is 3.00. The van der Waals surface area contributed by atoms with Gasteiger partial charge in [-0.3, -0.25) is 28.8 Å². The quantitative estimate of drug-likeness (QED) is 0.293. The smallest absolute Gasteiger partial charge is 0.270 e. The van der Waals surface area contributed by atoms with Crippen LogP contribution in [0.2, 0.25) is 0 Å². The molecule has 3 aromatic rings. The standard InChI is InChI=1S/C33H43N7O4/c1-5-30(41)37-28(33(44)39-19-17-38(18-20-39)22-26-9-7-6-8-10-26)21-25-11-13-27(14-12-25)36-31(42)24(4)35-32(43)29-15-16-34-40(29)23(2)3/h6-16,23-24,28H,5,17-22H2,1-4H3,(H,35,43)(H,36,42)(H,37,41)/t24-,28+/m0/s1. The van der Waals surface area contributed by atoms with Crippen LogP contribution in [-0.4, -0.2) is 81.5 Å². The Kier molecular flexibility index (Phi) is 11.3. The lowest BCUT2D eigenvalue weighted by molar-refractivity contribution is -0.138. The van der Waals surface area contributed by atoms with Crippen LogP contribution in [-0.2, 0) is 27.3 Å². The zero-order chi connectivity index (χ0) is 31.6. The fourth-order valence-electron chi connectivity index (χ4n) is 5.14. The molecule has 2 heterocycles. The molecule has 1 fully saturated rings. The van der Waals surface area contributed by atoms with E-state index in [0.29, 0.717) is 30.9 Å². The molecular weight excluding hydrogens is 558 g/mol. The first kappa shape index (κ1) is 32.4. The molecule has 0 unspecified atom stereocenters. The summed E-state index contributed by atoms with van der Waals surface area (Å²) < 4.78 is 1.60. The number of rotatable bonds is 12. The summed E-state index contributed by atoms with van der Waals surface area (Å²) in [7, 11) is 0. The number of hydrogen-bond acceptors (Lipinski definition) is 6. The second-order valence-corrected chi connectivity index (χ2v) is 11.4. The van der Waals surface area contributed by atoms with Gasteiger partial charge in [0.15, 0.2) is 0 Å². The fraction of sp³-hybridized carbons (Fsp3) is 0.424. The maximum absolute atomic E-state index is 13.5. The number of benzene rings is 2. The molecule has 0 bridgehead atoms. The Morgan fingerprint density at radius 3 is 2.16 bits per heavy atom. The molecule has 1 aliphatic heterocycles. The predicted molar refractivity (Wildman–Crippen MR) is 169 cm³/mol. The van der Waals surface area contributed by atoms with Gasteiger partial charge in [-0.2, -0.15) is 5.10 Å². The molecule has 4 amide bonds. The molecule has 1 saturated heterocycles. The lowest BCUT2D eigenvalue weighted by Crippen LogP contribution is -2.55. The van der Waals surface area contributed by atoms with Gasteiger partial charge >= 0.3 is 0 Å². The van der Waals surface area contributed by atoms with Gasteiger partial charge in [-0.15, -0.1) is 0 Å². The van der Waals surface area contributed by atoms with Gasteiger partial charge in [-0.1, -0.05) is 49.4 Å². The zero-order valence-electron chi connectivity index (χ0n) is 26.0. The van der Waals surface area contributed by atoms with Crippen molar-refractivity contribution in [2.24, 2.45) is 0 Å². The summed E-state index contributed by atoms with van der Waals surface area (Å²) in [6.45, 7) is 10.8. The van der Waals surface area contributed by atoms with Gasteiger partial charge < -0.3 is 20.9 Å². The van der Waals surface area contributed by atoms with Crippen molar-refractivity contribution >= 4 is 29.3 Å². The molecule has 2 atom stereocenters. The monoisotopic (exact) mass is 601 g/mol. The van der Waals surface area contributed by atoms with Gasteiger partial charge in [0.1, 0.15) is 17.8 Å². The van der Waals surface area contributed by atoms with E-state index in [-0.39, 0.29) is 36.1 Å². The third-order valence-electron chi connectivity index (χ3n) is 7.68. The first-order chi connectivity index (χ1) is 21.1. The Balaban J connectivity index is 1.31. The molecular formula is C33H43N7O4. The Hall–Kier alpha value is -4.51. The van der Waals surface area contributed by atoms with Crippen LogP contribution < -0.4 is 16.0 Å². The van der Waals surface area contributed by atoms with Crippen molar-refractivity contribution in [2.45, 2.75) is 65.2 Å². The highest BCUT2D eigenvalue weighted by molar-refractivity contribution is 6.00. The Bertz CT molecular complexity index is 1410. The number of carbonyl (C=O) groups excluding carboxylic acids is 4. The zero-order valence-corrected chi connectivity index (χ0v) is 26.0. The Labute approximate surface area is 259 Å². The van der Waals surface area contributed by atoms with Crippen molar-refractivity contribution in [1.29, 1.82) is 0 Å². The van der Waals surface area contributed by atoms with E-state index < -0.39 is 12.1 Å². The summed E-state index contributed by atoms with van der Waals surface area (Å²) in [5.74, 6) is -1.01. The van der Waals surface area contributed by atoms with E-state index in [1.54, 1.807) is 42.9 Å². The molecule has 0 radical (unpaired) electrons. The number of nitrogens with zero attached hydrogens (tertiary/aromatic N) is 4. The van der Waals surface area contributed by atoms with E-state index in [2.05, 4.69) is 38.1 Å². The van der Waals surface area contributed by atoms with Gasteiger partial charge in [-0.05, 0) is 50.1 Å². The third kappa shape index (κ3) is 8.76. The van der Waals surface area contributed by atoms with E-state index in [0.717, 1.165) is 25.2 Å². The average molecular weight is 602 g/mol. The summed E-state index contributed by atoms with van der Waals surface area (Å²) in [6.07, 6.45) is 2.17. The Morgan fingerprint density at radius 2 is 1.52 bits per heavy atom. The van der Waals surface area contributed by atoms with Gasteiger partial charge in [0.2, 0.25) is 17.7 Å². The minimum absolute atomic E-state index is 0.00808. The SMILES string of the molecule is CCC(=O)N[C@H](Cc1ccc(NC(=O)[C@H](C)NC(=O)c2ccnn2C(C)C)cc1)C(=O)N1CCN(Cc2ccccc2)CC1. The molecule has 1 aromatic heterocycles. The van der Waals surface area contributed by atoms with Gasteiger partial charge in [0.05, 0.1) is 0 Å². The highest BCUT2D eigenvalue weighted by Gasteiger charge is 2.29. The first-order valence-corrected chi connectivity index (χ1v) is 15.2. The second-order valence-electron chi connectivity index (χ2n) is 11.4. The van der Waals surface area contributed by atoms with Crippen molar-refractivity contribution in [1.82, 2.24) is 30.2 Å². The largest absolute Gasteiger partial charge is 0.344 e. The van der Waals surface area contributed by atoms with Crippen molar-refractivity contribution in [2.75, 3.05) is 31.5 Å². The van der Waals surface area contributed by atoms with Gasteiger partial charge in [0, 0.05) is 63.5 Å². The van der Waals surface area contributed by atoms with Crippen molar-refractivity contribution in [3.63, 3.8) is 0 Å². The van der Waals surface area contributed by atoms with Crippen LogP contribution in [0.1, 0.15) is 61.8 Å². The van der Waals surface area contributed by atoms with Crippen molar-refractivity contribution < 1.29 is 19.2 Å². The maximum atomic E-state index is 13.5. The molecule has 0 aliphatic carbocycles. The summed E-state index contributed by atoms with van der Waals surface area (Å²) >= 11 is 0. The summed E-state index contributed by atoms with van der Waals surface area (Å²) in [5.41, 5.74) is 3.04. The fourth-order valence-corrected chi connectivity index (χ4v) is 5.14. The normalized spacial score (nSPS) is 15.0. The molecule has 11 heteroatoms.